The van der Waals surface area contributed by atoms with Gasteiger partial charge in [-0.1, -0.05) is 54.1 Å². The van der Waals surface area contributed by atoms with Gasteiger partial charge in [0.2, 0.25) is 0 Å². The molecule has 0 bridgehead atoms. The van der Waals surface area contributed by atoms with E-state index < -0.39 is 21.8 Å². The molecule has 362 valence electrons. The second-order valence-corrected chi connectivity index (χ2v) is 19.7. The normalized spacial score (nSPS) is 19.1. The summed E-state index contributed by atoms with van der Waals surface area (Å²) in [6.07, 6.45) is 1.27. The number of aromatic nitrogens is 2. The molecular weight excluding hydrogens is 879 g/mol. The van der Waals surface area contributed by atoms with Crippen molar-refractivity contribution in [1.29, 1.82) is 5.26 Å². The molecule has 3 aliphatic rings. The lowest BCUT2D eigenvalue weighted by molar-refractivity contribution is -0.0174. The molecule has 17 nitrogen and oxygen atoms in total. The molecule has 2 saturated heterocycles. The van der Waals surface area contributed by atoms with Crippen molar-refractivity contribution >= 4 is 38.5 Å². The number of carbonyl (C=O) groups is 1. The summed E-state index contributed by atoms with van der Waals surface area (Å²) >= 11 is 0. The van der Waals surface area contributed by atoms with Gasteiger partial charge in [0.15, 0.2) is 0 Å². The van der Waals surface area contributed by atoms with Crippen LogP contribution < -0.4 is 14.5 Å². The monoisotopic (exact) mass is 943 g/mol. The van der Waals surface area contributed by atoms with E-state index in [-0.39, 0.29) is 42.7 Å². The minimum Gasteiger partial charge on any atom is -0.462 e. The van der Waals surface area contributed by atoms with Crippen molar-refractivity contribution < 1.29 is 45.8 Å². The fourth-order valence-electron chi connectivity index (χ4n) is 8.60. The Balaban J connectivity index is 0.880. The summed E-state index contributed by atoms with van der Waals surface area (Å²) in [5.74, 6) is 0.791. The van der Waals surface area contributed by atoms with Crippen LogP contribution in [0.4, 0.5) is 16.3 Å². The van der Waals surface area contributed by atoms with Gasteiger partial charge in [-0.15, -0.1) is 0 Å². The number of benzene rings is 3. The molecule has 18 heteroatoms. The first-order valence-electron chi connectivity index (χ1n) is 23.2. The Morgan fingerprint density at radius 3 is 2.25 bits per heavy atom. The maximum Gasteiger partial charge on any atom is 0.410 e. The zero-order valence-electron chi connectivity index (χ0n) is 39.4. The van der Waals surface area contributed by atoms with Crippen LogP contribution in [0.3, 0.4) is 0 Å². The molecule has 0 unspecified atom stereocenters. The van der Waals surface area contributed by atoms with Crippen molar-refractivity contribution in [1.82, 2.24) is 19.8 Å². The predicted molar refractivity (Wildman–Crippen MR) is 253 cm³/mol. The van der Waals surface area contributed by atoms with Crippen molar-refractivity contribution in [3.05, 3.63) is 83.6 Å². The Bertz CT molecular complexity index is 2410. The van der Waals surface area contributed by atoms with E-state index in [4.69, 9.17) is 42.6 Å². The van der Waals surface area contributed by atoms with Crippen LogP contribution in [0.5, 0.6) is 6.01 Å². The fourth-order valence-corrected chi connectivity index (χ4v) is 9.49. The number of ether oxygens (including phenoxy) is 6. The molecule has 7 rings (SSSR count). The van der Waals surface area contributed by atoms with E-state index in [1.54, 1.807) is 17.0 Å². The number of fused-ring (bicyclic) bond motifs is 2. The van der Waals surface area contributed by atoms with E-state index >= 15 is 0 Å². The summed E-state index contributed by atoms with van der Waals surface area (Å²) in [6, 6.07) is 23.6. The van der Waals surface area contributed by atoms with Gasteiger partial charge in [0.1, 0.15) is 18.0 Å². The van der Waals surface area contributed by atoms with Crippen molar-refractivity contribution in [2.75, 3.05) is 109 Å². The molecule has 0 aliphatic carbocycles. The zero-order chi connectivity index (χ0) is 47.4. The van der Waals surface area contributed by atoms with E-state index in [9.17, 15) is 18.5 Å². The van der Waals surface area contributed by atoms with E-state index in [2.05, 4.69) is 70.3 Å². The largest absolute Gasteiger partial charge is 0.462 e. The molecule has 3 aromatic carbocycles. The Morgan fingerprint density at radius 1 is 0.821 bits per heavy atom. The number of rotatable bonds is 21. The number of piperazine rings is 1. The number of carbonyl (C=O) groups excluding carboxylic acids is 1. The number of anilines is 2. The lowest BCUT2D eigenvalue weighted by Crippen LogP contribution is -2.56. The van der Waals surface area contributed by atoms with Gasteiger partial charge in [0.05, 0.1) is 94.6 Å². The molecule has 0 saturated carbocycles. The van der Waals surface area contributed by atoms with Gasteiger partial charge >= 0.3 is 12.1 Å². The standard InChI is InChI=1S/C49H65N7O10S/c1-36-13-15-41(16-14-36)67(58,59)65-30-28-62-26-24-60-23-25-61-27-29-63-40-31-39(53(5)33-40)35-64-47-51-44-34-54(45-12-8-10-37-9-6-7-11-42(37)45)20-18-43(44)46(52-47)55-21-22-56(38(32-55)17-19-50)48(57)66-49(2,3)4/h6-16,38-40H,17-18,20-35H2,1-5H3/t38-,39-,40+/m0/s1. The van der Waals surface area contributed by atoms with E-state index in [0.717, 1.165) is 54.3 Å². The summed E-state index contributed by atoms with van der Waals surface area (Å²) in [4.78, 5) is 32.0. The van der Waals surface area contributed by atoms with Crippen LogP contribution in [0.2, 0.25) is 0 Å². The third kappa shape index (κ3) is 13.7. The Kier molecular flexibility index (Phi) is 17.3. The first-order chi connectivity index (χ1) is 32.3. The SMILES string of the molecule is Cc1ccc(S(=O)(=O)OCCOCCOCCOCCO[C@@H]2C[C@@H](COc3nc4c(c(N5CCN(C(=O)OC(C)(C)C)[C@@H](CC#N)C5)n3)CCN(c3cccc5ccccc35)C4)N(C)C2)cc1. The quantitative estimate of drug-likeness (QED) is 0.0727. The number of nitrogens with zero attached hydrogens (tertiary/aromatic N) is 7. The van der Waals surface area contributed by atoms with Crippen LogP contribution in [-0.2, 0) is 51.0 Å². The molecule has 2 fully saturated rings. The number of hydrogen-bond acceptors (Lipinski definition) is 16. The first-order valence-corrected chi connectivity index (χ1v) is 24.6. The highest BCUT2D eigenvalue weighted by Gasteiger charge is 2.37. The summed E-state index contributed by atoms with van der Waals surface area (Å²) < 4.78 is 64.7. The number of hydrogen-bond donors (Lipinski definition) is 0. The maximum atomic E-state index is 13.3. The molecule has 1 aromatic heterocycles. The summed E-state index contributed by atoms with van der Waals surface area (Å²) in [5, 5.41) is 12.2. The topological polar surface area (TPSA) is 178 Å². The highest BCUT2D eigenvalue weighted by atomic mass is 32.2. The van der Waals surface area contributed by atoms with Crippen LogP contribution in [-0.4, -0.2) is 157 Å². The first kappa shape index (κ1) is 49.8. The molecule has 0 N–H and O–H groups in total. The lowest BCUT2D eigenvalue weighted by atomic mass is 10.0. The second-order valence-electron chi connectivity index (χ2n) is 18.1. The average molecular weight is 944 g/mol. The van der Waals surface area contributed by atoms with Gasteiger partial charge in [0.25, 0.3) is 10.1 Å². The number of aryl methyl sites for hydroxylation is 1. The molecule has 0 radical (unpaired) electrons. The molecule has 3 atom stereocenters. The Morgan fingerprint density at radius 2 is 1.52 bits per heavy atom. The molecule has 0 spiro atoms. The van der Waals surface area contributed by atoms with Gasteiger partial charge < -0.3 is 43.1 Å². The zero-order valence-corrected chi connectivity index (χ0v) is 40.2. The number of nitriles is 1. The van der Waals surface area contributed by atoms with Gasteiger partial charge in [-0.25, -0.2) is 4.79 Å². The second kappa shape index (κ2) is 23.3. The fraction of sp³-hybridized carbons (Fsp3) is 0.551. The number of likely N-dealkylation sites (N-methyl/N-ethyl adjacent to an activating group) is 1. The van der Waals surface area contributed by atoms with Crippen molar-refractivity contribution in [3.63, 3.8) is 0 Å². The Hall–Kier alpha value is -5.13. The summed E-state index contributed by atoms with van der Waals surface area (Å²) in [7, 11) is -1.75. The highest BCUT2D eigenvalue weighted by molar-refractivity contribution is 7.86. The minimum absolute atomic E-state index is 0.0130. The van der Waals surface area contributed by atoms with Gasteiger partial charge in [-0.3, -0.25) is 9.08 Å². The molecular formula is C49H65N7O10S. The van der Waals surface area contributed by atoms with Crippen molar-refractivity contribution in [3.8, 4) is 12.1 Å². The predicted octanol–water partition coefficient (Wildman–Crippen LogP) is 5.76. The minimum atomic E-state index is -3.81. The average Bonchev–Trinajstić information content (AvgIpc) is 3.67. The molecule has 4 aromatic rings. The van der Waals surface area contributed by atoms with Crippen LogP contribution >= 0.6 is 0 Å². The molecule has 67 heavy (non-hydrogen) atoms. The van der Waals surface area contributed by atoms with Crippen molar-refractivity contribution in [2.24, 2.45) is 0 Å². The van der Waals surface area contributed by atoms with Gasteiger partial charge in [-0.2, -0.15) is 23.6 Å². The third-order valence-electron chi connectivity index (χ3n) is 12.0. The van der Waals surface area contributed by atoms with E-state index in [1.807, 2.05) is 27.7 Å². The molecule has 3 aliphatic heterocycles. The van der Waals surface area contributed by atoms with Crippen LogP contribution in [0, 0.1) is 18.3 Å². The maximum absolute atomic E-state index is 13.3. The third-order valence-corrected chi connectivity index (χ3v) is 13.3. The van der Waals surface area contributed by atoms with Crippen LogP contribution in [0.25, 0.3) is 10.8 Å². The molecule has 4 heterocycles. The Labute approximate surface area is 394 Å². The smallest absolute Gasteiger partial charge is 0.410 e. The number of likely N-dealkylation sites (tertiary alicyclic amines) is 1. The van der Waals surface area contributed by atoms with Crippen LogP contribution in [0.1, 0.15) is 50.4 Å². The van der Waals surface area contributed by atoms with Crippen LogP contribution in [0.15, 0.2) is 71.6 Å². The van der Waals surface area contributed by atoms with Gasteiger partial charge in [-0.05, 0) is 71.2 Å². The van der Waals surface area contributed by atoms with Crippen molar-refractivity contribution in [2.45, 2.75) is 82.2 Å². The summed E-state index contributed by atoms with van der Waals surface area (Å²) in [6.45, 7) is 13.6. The van der Waals surface area contributed by atoms with E-state index in [1.165, 1.54) is 22.9 Å². The molecule has 1 amide bonds. The van der Waals surface area contributed by atoms with E-state index in [0.29, 0.717) is 78.4 Å². The van der Waals surface area contributed by atoms with Gasteiger partial charge in [0, 0.05) is 55.4 Å². The number of amides is 1. The summed E-state index contributed by atoms with van der Waals surface area (Å²) in [5.41, 5.74) is 3.43. The lowest BCUT2D eigenvalue weighted by Gasteiger charge is -2.42. The highest BCUT2D eigenvalue weighted by Crippen LogP contribution is 2.35.